The molecule has 1 amide bonds. The maximum absolute atomic E-state index is 12.4. The van der Waals surface area contributed by atoms with Crippen molar-refractivity contribution in [1.29, 1.82) is 0 Å². The fourth-order valence-electron chi connectivity index (χ4n) is 4.14. The number of rotatable bonds is 5. The van der Waals surface area contributed by atoms with Crippen LogP contribution in [0.3, 0.4) is 0 Å². The number of pyridine rings is 1. The van der Waals surface area contributed by atoms with Crippen LogP contribution < -0.4 is 4.74 Å². The van der Waals surface area contributed by atoms with Gasteiger partial charge in [0, 0.05) is 12.7 Å². The van der Waals surface area contributed by atoms with E-state index in [0.29, 0.717) is 6.61 Å². The Morgan fingerprint density at radius 2 is 1.93 bits per heavy atom. The minimum Gasteiger partial charge on any atom is -0.490 e. The highest BCUT2D eigenvalue weighted by molar-refractivity contribution is 5.69. The summed E-state index contributed by atoms with van der Waals surface area (Å²) >= 11 is 0. The summed E-state index contributed by atoms with van der Waals surface area (Å²) < 4.78 is 11.5. The lowest BCUT2D eigenvalue weighted by molar-refractivity contribution is 0.0187. The monoisotopic (exact) mass is 374 g/mol. The number of ether oxygens (including phenoxy) is 2. The van der Waals surface area contributed by atoms with E-state index in [2.05, 4.69) is 11.1 Å². The zero-order valence-corrected chi connectivity index (χ0v) is 17.1. The Morgan fingerprint density at radius 1 is 1.15 bits per heavy atom. The van der Waals surface area contributed by atoms with Gasteiger partial charge in [-0.05, 0) is 57.6 Å². The first-order valence-electron chi connectivity index (χ1n) is 10.5. The summed E-state index contributed by atoms with van der Waals surface area (Å²) in [6.45, 7) is 6.93. The third-order valence-electron chi connectivity index (χ3n) is 5.47. The summed E-state index contributed by atoms with van der Waals surface area (Å²) in [5, 5.41) is 0. The summed E-state index contributed by atoms with van der Waals surface area (Å²) in [6.07, 6.45) is 13.3. The number of aromatic nitrogens is 1. The molecule has 1 unspecified atom stereocenters. The molecule has 27 heavy (non-hydrogen) atoms. The van der Waals surface area contributed by atoms with Crippen LogP contribution in [0.5, 0.6) is 5.75 Å². The molecule has 2 fully saturated rings. The number of carbonyl (C=O) groups excluding carboxylic acids is 1. The highest BCUT2D eigenvalue weighted by atomic mass is 16.6. The largest absolute Gasteiger partial charge is 0.490 e. The van der Waals surface area contributed by atoms with E-state index in [9.17, 15) is 4.79 Å². The lowest BCUT2D eigenvalue weighted by Gasteiger charge is -2.28. The molecule has 3 rings (SSSR count). The molecule has 0 spiro atoms. The average Bonchev–Trinajstić information content (AvgIpc) is 3.09. The molecule has 150 valence electrons. The smallest absolute Gasteiger partial charge is 0.410 e. The maximum Gasteiger partial charge on any atom is 0.410 e. The normalized spacial score (nSPS) is 21.3. The van der Waals surface area contributed by atoms with E-state index in [1.807, 2.05) is 31.9 Å². The van der Waals surface area contributed by atoms with Crippen molar-refractivity contribution in [2.75, 3.05) is 13.2 Å². The second-order valence-corrected chi connectivity index (χ2v) is 9.02. The predicted molar refractivity (Wildman–Crippen MR) is 106 cm³/mol. The molecule has 1 saturated heterocycles. The van der Waals surface area contributed by atoms with E-state index in [1.165, 1.54) is 37.7 Å². The molecule has 1 aromatic heterocycles. The van der Waals surface area contributed by atoms with Gasteiger partial charge in [-0.1, -0.05) is 32.1 Å². The van der Waals surface area contributed by atoms with Gasteiger partial charge in [-0.3, -0.25) is 4.98 Å². The molecule has 0 N–H and O–H groups in total. The number of amides is 1. The lowest BCUT2D eigenvalue weighted by atomic mass is 9.85. The van der Waals surface area contributed by atoms with Gasteiger partial charge in [0.25, 0.3) is 0 Å². The lowest BCUT2D eigenvalue weighted by Crippen LogP contribution is -2.42. The first kappa shape index (κ1) is 20.0. The van der Waals surface area contributed by atoms with Gasteiger partial charge >= 0.3 is 6.09 Å². The number of hydrogen-bond donors (Lipinski definition) is 0. The Balaban J connectivity index is 1.53. The van der Waals surface area contributed by atoms with E-state index < -0.39 is 5.60 Å². The molecule has 5 heteroatoms. The molecular formula is C22H34N2O3. The molecule has 2 aliphatic rings. The van der Waals surface area contributed by atoms with Crippen molar-refractivity contribution in [2.45, 2.75) is 83.8 Å². The van der Waals surface area contributed by atoms with Crippen LogP contribution in [0.4, 0.5) is 4.79 Å². The van der Waals surface area contributed by atoms with Gasteiger partial charge in [-0.25, -0.2) is 4.79 Å². The van der Waals surface area contributed by atoms with Crippen LogP contribution in [0.1, 0.15) is 71.3 Å². The zero-order valence-electron chi connectivity index (χ0n) is 17.1. The van der Waals surface area contributed by atoms with Gasteiger partial charge in [0.15, 0.2) is 0 Å². The van der Waals surface area contributed by atoms with Gasteiger partial charge in [0.1, 0.15) is 18.0 Å². The Hall–Kier alpha value is -1.78. The number of nitrogens with zero attached hydrogens (tertiary/aromatic N) is 2. The molecule has 5 nitrogen and oxygen atoms in total. The Labute approximate surface area is 163 Å². The molecule has 1 aromatic rings. The highest BCUT2D eigenvalue weighted by Gasteiger charge is 2.32. The minimum absolute atomic E-state index is 0.0712. The first-order chi connectivity index (χ1) is 12.9. The van der Waals surface area contributed by atoms with Crippen LogP contribution >= 0.6 is 0 Å². The molecular weight excluding hydrogens is 340 g/mol. The predicted octanol–water partition coefficient (Wildman–Crippen LogP) is 4.98. The van der Waals surface area contributed by atoms with E-state index in [0.717, 1.165) is 37.5 Å². The second-order valence-electron chi connectivity index (χ2n) is 9.02. The summed E-state index contributed by atoms with van der Waals surface area (Å²) in [5.74, 6) is 1.59. The third kappa shape index (κ3) is 6.12. The molecule has 1 aliphatic carbocycles. The van der Waals surface area contributed by atoms with E-state index >= 15 is 0 Å². The summed E-state index contributed by atoms with van der Waals surface area (Å²) in [6, 6.07) is 2.19. The molecule has 1 saturated carbocycles. The van der Waals surface area contributed by atoms with Crippen molar-refractivity contribution in [2.24, 2.45) is 5.92 Å². The Morgan fingerprint density at radius 3 is 2.67 bits per heavy atom. The number of hydrogen-bond acceptors (Lipinski definition) is 4. The van der Waals surface area contributed by atoms with Crippen LogP contribution in [0.2, 0.25) is 0 Å². The number of likely N-dealkylation sites (tertiary alicyclic amines) is 1. The minimum atomic E-state index is -0.470. The summed E-state index contributed by atoms with van der Waals surface area (Å²) in [4.78, 5) is 18.6. The van der Waals surface area contributed by atoms with Crippen LogP contribution in [-0.4, -0.2) is 40.8 Å². The van der Waals surface area contributed by atoms with Gasteiger partial charge in [-0.2, -0.15) is 0 Å². The Bertz CT molecular complexity index is 620. The van der Waals surface area contributed by atoms with Crippen molar-refractivity contribution in [3.05, 3.63) is 24.0 Å². The second kappa shape index (κ2) is 8.94. The first-order valence-corrected chi connectivity index (χ1v) is 10.5. The molecule has 0 bridgehead atoms. The standard InChI is InChI=1S/C22H34N2O3/c1-22(2,3)27-21(25)24-11-7-10-19(24)16-26-20-13-18(14-23-15-20)12-17-8-5-4-6-9-17/h13-15,17,19H,4-12,16H2,1-3H3. The van der Waals surface area contributed by atoms with Crippen molar-refractivity contribution in [1.82, 2.24) is 9.88 Å². The van der Waals surface area contributed by atoms with Gasteiger partial charge in [-0.15, -0.1) is 0 Å². The molecule has 2 heterocycles. The highest BCUT2D eigenvalue weighted by Crippen LogP contribution is 2.28. The van der Waals surface area contributed by atoms with E-state index in [4.69, 9.17) is 9.47 Å². The van der Waals surface area contributed by atoms with Crippen molar-refractivity contribution < 1.29 is 14.3 Å². The van der Waals surface area contributed by atoms with Crippen molar-refractivity contribution in [3.8, 4) is 5.75 Å². The fourth-order valence-corrected chi connectivity index (χ4v) is 4.14. The topological polar surface area (TPSA) is 51.7 Å². The zero-order chi connectivity index (χ0) is 19.3. The van der Waals surface area contributed by atoms with Crippen LogP contribution in [-0.2, 0) is 11.2 Å². The Kier molecular flexibility index (Phi) is 6.61. The van der Waals surface area contributed by atoms with E-state index in [1.54, 1.807) is 6.20 Å². The average molecular weight is 375 g/mol. The maximum atomic E-state index is 12.4. The van der Waals surface area contributed by atoms with Gasteiger partial charge in [0.2, 0.25) is 0 Å². The van der Waals surface area contributed by atoms with Crippen LogP contribution in [0, 0.1) is 5.92 Å². The SMILES string of the molecule is CC(C)(C)OC(=O)N1CCCC1COc1cncc(CC2CCCCC2)c1. The molecule has 1 atom stereocenters. The summed E-state index contributed by atoms with van der Waals surface area (Å²) in [5.41, 5.74) is 0.789. The van der Waals surface area contributed by atoms with Crippen molar-refractivity contribution >= 4 is 6.09 Å². The third-order valence-corrected chi connectivity index (χ3v) is 5.47. The van der Waals surface area contributed by atoms with Gasteiger partial charge < -0.3 is 14.4 Å². The summed E-state index contributed by atoms with van der Waals surface area (Å²) in [7, 11) is 0. The quantitative estimate of drug-likeness (QED) is 0.729. The van der Waals surface area contributed by atoms with Crippen LogP contribution in [0.25, 0.3) is 0 Å². The van der Waals surface area contributed by atoms with E-state index in [-0.39, 0.29) is 12.1 Å². The molecule has 0 radical (unpaired) electrons. The molecule has 0 aromatic carbocycles. The van der Waals surface area contributed by atoms with Crippen molar-refractivity contribution in [3.63, 3.8) is 0 Å². The number of carbonyl (C=O) groups is 1. The van der Waals surface area contributed by atoms with Gasteiger partial charge in [0.05, 0.1) is 12.2 Å². The van der Waals surface area contributed by atoms with Crippen LogP contribution in [0.15, 0.2) is 18.5 Å². The molecule has 1 aliphatic heterocycles. The fraction of sp³-hybridized carbons (Fsp3) is 0.727.